The van der Waals surface area contributed by atoms with Crippen molar-refractivity contribution in [3.8, 4) is 0 Å². The monoisotopic (exact) mass is 351 g/mol. The second kappa shape index (κ2) is 6.40. The van der Waals surface area contributed by atoms with E-state index in [9.17, 15) is 4.79 Å². The van der Waals surface area contributed by atoms with E-state index in [1.54, 1.807) is 6.20 Å². The quantitative estimate of drug-likeness (QED) is 0.780. The van der Waals surface area contributed by atoms with E-state index in [1.165, 1.54) is 0 Å². The fourth-order valence-electron chi connectivity index (χ4n) is 3.69. The number of rotatable bonds is 3. The van der Waals surface area contributed by atoms with Crippen molar-refractivity contribution in [2.24, 2.45) is 0 Å². The predicted octanol–water partition coefficient (Wildman–Crippen LogP) is 3.25. The van der Waals surface area contributed by atoms with Gasteiger partial charge in [0.2, 0.25) is 0 Å². The van der Waals surface area contributed by atoms with Gasteiger partial charge in [-0.1, -0.05) is 5.16 Å². The van der Waals surface area contributed by atoms with Crippen molar-refractivity contribution in [3.05, 3.63) is 46.9 Å². The summed E-state index contributed by atoms with van der Waals surface area (Å²) < 4.78 is 5.28. The van der Waals surface area contributed by atoms with E-state index in [2.05, 4.69) is 20.4 Å². The molecule has 0 radical (unpaired) electrons. The fourth-order valence-corrected chi connectivity index (χ4v) is 3.69. The Morgan fingerprint density at radius 3 is 3.00 bits per heavy atom. The lowest BCUT2D eigenvalue weighted by Crippen LogP contribution is -2.31. The smallest absolute Gasteiger partial charge is 0.258 e. The molecule has 1 fully saturated rings. The van der Waals surface area contributed by atoms with Crippen molar-refractivity contribution >= 4 is 22.8 Å². The molecular formula is C19H21N5O2. The van der Waals surface area contributed by atoms with E-state index >= 15 is 0 Å². The maximum absolute atomic E-state index is 13.4. The highest BCUT2D eigenvalue weighted by Crippen LogP contribution is 2.35. The number of hydrogen-bond acceptors (Lipinski definition) is 6. The molecule has 0 aliphatic carbocycles. The van der Waals surface area contributed by atoms with Crippen LogP contribution in [0.4, 0.5) is 5.82 Å². The molecule has 4 heterocycles. The molecular weight excluding hydrogens is 330 g/mol. The van der Waals surface area contributed by atoms with E-state index in [4.69, 9.17) is 4.52 Å². The van der Waals surface area contributed by atoms with Gasteiger partial charge in [0, 0.05) is 25.5 Å². The first-order valence-electron chi connectivity index (χ1n) is 8.77. The van der Waals surface area contributed by atoms with E-state index in [0.29, 0.717) is 22.4 Å². The number of aromatic nitrogens is 3. The Hall–Kier alpha value is -2.96. The maximum Gasteiger partial charge on any atom is 0.258 e. The van der Waals surface area contributed by atoms with Crippen LogP contribution in [0.5, 0.6) is 0 Å². The molecule has 1 aliphatic heterocycles. The van der Waals surface area contributed by atoms with Crippen LogP contribution in [0.2, 0.25) is 0 Å². The van der Waals surface area contributed by atoms with Gasteiger partial charge in [-0.2, -0.15) is 0 Å². The van der Waals surface area contributed by atoms with Crippen LogP contribution >= 0.6 is 0 Å². The molecule has 3 aromatic rings. The van der Waals surface area contributed by atoms with Crippen molar-refractivity contribution in [1.29, 1.82) is 0 Å². The average Bonchev–Trinajstić information content (AvgIpc) is 3.28. The number of pyridine rings is 2. The zero-order chi connectivity index (χ0) is 18.3. The first-order chi connectivity index (χ1) is 12.6. The largest absolute Gasteiger partial charge is 0.373 e. The molecule has 1 atom stereocenters. The van der Waals surface area contributed by atoms with Crippen molar-refractivity contribution in [2.75, 3.05) is 18.9 Å². The average molecular weight is 351 g/mol. The standard InChI is InChI=1S/C19H21N5O2/c1-11-9-14(17-12(2)23-26-18(17)22-11)19(25)24-8-4-5-15(24)13-6-7-21-16(10-13)20-3/h6-7,9-10,15H,4-5,8H2,1-3H3,(H,20,21)/t15-/m0/s1. The summed E-state index contributed by atoms with van der Waals surface area (Å²) in [4.78, 5) is 24.0. The molecule has 0 unspecified atom stereocenters. The van der Waals surface area contributed by atoms with Crippen LogP contribution in [-0.4, -0.2) is 39.5 Å². The number of carbonyl (C=O) groups excluding carboxylic acids is 1. The Kier molecular flexibility index (Phi) is 4.06. The second-order valence-electron chi connectivity index (χ2n) is 6.64. The normalized spacial score (nSPS) is 17.0. The first-order valence-corrected chi connectivity index (χ1v) is 8.77. The summed E-state index contributed by atoms with van der Waals surface area (Å²) in [5, 5.41) is 7.75. The van der Waals surface area contributed by atoms with Crippen LogP contribution in [-0.2, 0) is 0 Å². The molecule has 1 saturated heterocycles. The van der Waals surface area contributed by atoms with Crippen LogP contribution in [0, 0.1) is 13.8 Å². The van der Waals surface area contributed by atoms with Gasteiger partial charge in [-0.3, -0.25) is 4.79 Å². The van der Waals surface area contributed by atoms with Crippen molar-refractivity contribution in [2.45, 2.75) is 32.7 Å². The third-order valence-corrected chi connectivity index (χ3v) is 4.91. The van der Waals surface area contributed by atoms with Gasteiger partial charge in [0.05, 0.1) is 22.7 Å². The maximum atomic E-state index is 13.4. The van der Waals surface area contributed by atoms with Crippen LogP contribution in [0.1, 0.15) is 46.2 Å². The van der Waals surface area contributed by atoms with Gasteiger partial charge in [-0.05, 0) is 50.5 Å². The lowest BCUT2D eigenvalue weighted by Gasteiger charge is -2.25. The molecule has 0 saturated carbocycles. The summed E-state index contributed by atoms with van der Waals surface area (Å²) in [6.07, 6.45) is 3.69. The van der Waals surface area contributed by atoms with E-state index in [1.807, 2.05) is 44.0 Å². The van der Waals surface area contributed by atoms with Gasteiger partial charge < -0.3 is 14.7 Å². The number of nitrogens with one attached hydrogen (secondary N) is 1. The third kappa shape index (κ3) is 2.69. The Labute approximate surface area is 151 Å². The van der Waals surface area contributed by atoms with Gasteiger partial charge >= 0.3 is 0 Å². The van der Waals surface area contributed by atoms with Gasteiger partial charge in [0.25, 0.3) is 11.6 Å². The fraction of sp³-hybridized carbons (Fsp3) is 0.368. The summed E-state index contributed by atoms with van der Waals surface area (Å²) in [5.41, 5.74) is 3.56. The number of hydrogen-bond donors (Lipinski definition) is 1. The zero-order valence-electron chi connectivity index (χ0n) is 15.1. The number of likely N-dealkylation sites (tertiary alicyclic amines) is 1. The number of carbonyl (C=O) groups is 1. The number of anilines is 1. The van der Waals surface area contributed by atoms with Crippen LogP contribution in [0.15, 0.2) is 28.9 Å². The van der Waals surface area contributed by atoms with Gasteiger partial charge in [0.1, 0.15) is 5.82 Å². The molecule has 1 N–H and O–H groups in total. The predicted molar refractivity (Wildman–Crippen MR) is 98.1 cm³/mol. The van der Waals surface area contributed by atoms with Crippen molar-refractivity contribution in [3.63, 3.8) is 0 Å². The van der Waals surface area contributed by atoms with Crippen molar-refractivity contribution in [1.82, 2.24) is 20.0 Å². The van der Waals surface area contributed by atoms with Gasteiger partial charge in [-0.15, -0.1) is 0 Å². The number of aryl methyl sites for hydroxylation is 2. The minimum absolute atomic E-state index is 0.00267. The Morgan fingerprint density at radius 1 is 1.35 bits per heavy atom. The Morgan fingerprint density at radius 2 is 2.19 bits per heavy atom. The topological polar surface area (TPSA) is 84.2 Å². The highest BCUT2D eigenvalue weighted by atomic mass is 16.5. The van der Waals surface area contributed by atoms with Crippen LogP contribution in [0.3, 0.4) is 0 Å². The number of fused-ring (bicyclic) bond motifs is 1. The summed E-state index contributed by atoms with van der Waals surface area (Å²) in [5.74, 6) is 0.802. The molecule has 0 spiro atoms. The highest BCUT2D eigenvalue weighted by Gasteiger charge is 2.32. The highest BCUT2D eigenvalue weighted by molar-refractivity contribution is 6.06. The lowest BCUT2D eigenvalue weighted by molar-refractivity contribution is 0.0737. The van der Waals surface area contributed by atoms with E-state index < -0.39 is 0 Å². The van der Waals surface area contributed by atoms with Gasteiger partial charge in [0.15, 0.2) is 0 Å². The summed E-state index contributed by atoms with van der Waals surface area (Å²) >= 11 is 0. The minimum atomic E-state index is -0.00267. The molecule has 26 heavy (non-hydrogen) atoms. The molecule has 7 nitrogen and oxygen atoms in total. The first kappa shape index (κ1) is 16.5. The molecule has 134 valence electrons. The molecule has 0 bridgehead atoms. The lowest BCUT2D eigenvalue weighted by atomic mass is 10.0. The number of nitrogens with zero attached hydrogens (tertiary/aromatic N) is 4. The van der Waals surface area contributed by atoms with Crippen LogP contribution in [0.25, 0.3) is 11.1 Å². The second-order valence-corrected chi connectivity index (χ2v) is 6.64. The van der Waals surface area contributed by atoms with Crippen LogP contribution < -0.4 is 5.32 Å². The third-order valence-electron chi connectivity index (χ3n) is 4.91. The molecule has 1 amide bonds. The Bertz CT molecular complexity index is 981. The Balaban J connectivity index is 1.75. The summed E-state index contributed by atoms with van der Waals surface area (Å²) in [6.45, 7) is 4.43. The van der Waals surface area contributed by atoms with E-state index in [0.717, 1.165) is 36.5 Å². The number of amides is 1. The van der Waals surface area contributed by atoms with Crippen molar-refractivity contribution < 1.29 is 9.32 Å². The molecule has 3 aromatic heterocycles. The van der Waals surface area contributed by atoms with E-state index in [-0.39, 0.29) is 11.9 Å². The van der Waals surface area contributed by atoms with Gasteiger partial charge in [-0.25, -0.2) is 9.97 Å². The summed E-state index contributed by atoms with van der Waals surface area (Å²) in [6, 6.07) is 5.86. The SMILES string of the molecule is CNc1cc([C@@H]2CCCN2C(=O)c2cc(C)nc3onc(C)c23)ccn1. The zero-order valence-corrected chi connectivity index (χ0v) is 15.1. The molecule has 7 heteroatoms. The molecule has 4 rings (SSSR count). The molecule has 0 aromatic carbocycles. The molecule has 1 aliphatic rings. The minimum Gasteiger partial charge on any atom is -0.373 e. The summed E-state index contributed by atoms with van der Waals surface area (Å²) in [7, 11) is 1.84.